The van der Waals surface area contributed by atoms with Crippen molar-refractivity contribution in [3.8, 4) is 0 Å². The molecule has 3 nitrogen and oxygen atoms in total. The lowest BCUT2D eigenvalue weighted by molar-refractivity contribution is 0.212. The first-order chi connectivity index (χ1) is 9.45. The first-order valence-electron chi connectivity index (χ1n) is 7.44. The third kappa shape index (κ3) is 6.06. The molecule has 20 heavy (non-hydrogen) atoms. The number of hydrogen-bond donors (Lipinski definition) is 0. The summed E-state index contributed by atoms with van der Waals surface area (Å²) in [6, 6.07) is 8.31. The first kappa shape index (κ1) is 17.2. The van der Waals surface area contributed by atoms with Crippen LogP contribution in [0.4, 0.5) is 0 Å². The third-order valence-electron chi connectivity index (χ3n) is 3.58. The highest BCUT2D eigenvalue weighted by Crippen LogP contribution is 2.18. The van der Waals surface area contributed by atoms with Crippen LogP contribution in [0.15, 0.2) is 35.2 Å². The molecule has 0 amide bonds. The van der Waals surface area contributed by atoms with Gasteiger partial charge in [-0.2, -0.15) is 8.42 Å². The maximum atomic E-state index is 12.0. The fourth-order valence-corrected chi connectivity index (χ4v) is 3.17. The van der Waals surface area contributed by atoms with E-state index in [-0.39, 0.29) is 11.0 Å². The number of rotatable bonds is 9. The van der Waals surface area contributed by atoms with Gasteiger partial charge in [0, 0.05) is 0 Å². The van der Waals surface area contributed by atoms with Crippen molar-refractivity contribution < 1.29 is 12.6 Å². The summed E-state index contributed by atoms with van der Waals surface area (Å²) in [4.78, 5) is 0.228. The van der Waals surface area contributed by atoms with E-state index >= 15 is 0 Å². The summed E-state index contributed by atoms with van der Waals surface area (Å²) in [5, 5.41) is 0. The minimum absolute atomic E-state index is 0.228. The van der Waals surface area contributed by atoms with Gasteiger partial charge in [-0.3, -0.25) is 4.18 Å². The van der Waals surface area contributed by atoms with Crippen molar-refractivity contribution in [2.45, 2.75) is 63.9 Å². The quantitative estimate of drug-likeness (QED) is 0.501. The molecule has 1 aromatic rings. The highest BCUT2D eigenvalue weighted by molar-refractivity contribution is 7.86. The molecule has 2 atom stereocenters. The molecule has 0 saturated carbocycles. The molecule has 0 fully saturated rings. The molecule has 0 saturated heterocycles. The van der Waals surface area contributed by atoms with Gasteiger partial charge in [0.25, 0.3) is 10.1 Å². The molecule has 0 aromatic heterocycles. The predicted octanol–water partition coefficient (Wildman–Crippen LogP) is 4.39. The Bertz CT molecular complexity index is 468. The zero-order valence-electron chi connectivity index (χ0n) is 12.7. The average molecular weight is 298 g/mol. The normalized spacial score (nSPS) is 14.9. The summed E-state index contributed by atoms with van der Waals surface area (Å²) in [5.74, 6) is 0.749. The Morgan fingerprint density at radius 2 is 1.65 bits per heavy atom. The smallest absolute Gasteiger partial charge is 0.263 e. The van der Waals surface area contributed by atoms with E-state index in [2.05, 4.69) is 13.8 Å². The van der Waals surface area contributed by atoms with Gasteiger partial charge < -0.3 is 0 Å². The van der Waals surface area contributed by atoms with Crippen molar-refractivity contribution >= 4 is 10.1 Å². The molecule has 0 bridgehead atoms. The lowest BCUT2D eigenvalue weighted by Crippen LogP contribution is -2.15. The van der Waals surface area contributed by atoms with Crippen LogP contribution in [0.1, 0.15) is 52.9 Å². The zero-order chi connectivity index (χ0) is 15.0. The summed E-state index contributed by atoms with van der Waals surface area (Å²) in [6.45, 7) is 6.27. The standard InChI is InChI=1S/C16H26O3S/c1-4-14(2)10-8-9-11-15(3)19-20(17,18)16-12-6-5-7-13-16/h5-7,12-15H,4,8-11H2,1-3H3. The molecule has 4 heteroatoms. The summed E-state index contributed by atoms with van der Waals surface area (Å²) in [7, 11) is -3.62. The molecular weight excluding hydrogens is 272 g/mol. The van der Waals surface area contributed by atoms with Crippen molar-refractivity contribution in [2.75, 3.05) is 0 Å². The van der Waals surface area contributed by atoms with Crippen molar-refractivity contribution in [1.82, 2.24) is 0 Å². The van der Waals surface area contributed by atoms with Gasteiger partial charge in [-0.15, -0.1) is 0 Å². The summed E-state index contributed by atoms with van der Waals surface area (Å²) in [6.07, 6.45) is 5.06. The van der Waals surface area contributed by atoms with E-state index in [0.29, 0.717) is 0 Å². The number of unbranched alkanes of at least 4 members (excludes halogenated alkanes) is 1. The molecule has 114 valence electrons. The summed E-state index contributed by atoms with van der Waals surface area (Å²) < 4.78 is 29.2. The molecule has 2 unspecified atom stereocenters. The molecule has 0 radical (unpaired) electrons. The van der Waals surface area contributed by atoms with E-state index < -0.39 is 10.1 Å². The van der Waals surface area contributed by atoms with Crippen LogP contribution in [0.25, 0.3) is 0 Å². The highest BCUT2D eigenvalue weighted by Gasteiger charge is 2.18. The summed E-state index contributed by atoms with van der Waals surface area (Å²) >= 11 is 0. The van der Waals surface area contributed by atoms with Crippen molar-refractivity contribution in [1.29, 1.82) is 0 Å². The Kier molecular flexibility index (Phi) is 7.24. The van der Waals surface area contributed by atoms with Crippen LogP contribution in [0.3, 0.4) is 0 Å². The molecule has 0 aliphatic carbocycles. The Labute approximate surface area is 123 Å². The van der Waals surface area contributed by atoms with Crippen LogP contribution in [-0.4, -0.2) is 14.5 Å². The maximum Gasteiger partial charge on any atom is 0.297 e. The van der Waals surface area contributed by atoms with E-state index in [4.69, 9.17) is 4.18 Å². The Morgan fingerprint density at radius 1 is 1.05 bits per heavy atom. The topological polar surface area (TPSA) is 43.4 Å². The second kappa shape index (κ2) is 8.42. The SMILES string of the molecule is CCC(C)CCCCC(C)OS(=O)(=O)c1ccccc1. The van der Waals surface area contributed by atoms with Crippen LogP contribution in [0.2, 0.25) is 0 Å². The van der Waals surface area contributed by atoms with Gasteiger partial charge >= 0.3 is 0 Å². The molecular formula is C16H26O3S. The maximum absolute atomic E-state index is 12.0. The molecule has 0 aliphatic rings. The zero-order valence-corrected chi connectivity index (χ0v) is 13.5. The second-order valence-corrected chi connectivity index (χ2v) is 7.04. The fraction of sp³-hybridized carbons (Fsp3) is 0.625. The lowest BCUT2D eigenvalue weighted by Gasteiger charge is -2.13. The molecule has 0 spiro atoms. The third-order valence-corrected chi connectivity index (χ3v) is 5.01. The van der Waals surface area contributed by atoms with Gasteiger partial charge in [0.1, 0.15) is 0 Å². The Balaban J connectivity index is 2.37. The Morgan fingerprint density at radius 3 is 2.25 bits per heavy atom. The first-order valence-corrected chi connectivity index (χ1v) is 8.85. The summed E-state index contributed by atoms with van der Waals surface area (Å²) in [5.41, 5.74) is 0. The number of hydrogen-bond acceptors (Lipinski definition) is 3. The van der Waals surface area contributed by atoms with Gasteiger partial charge in [-0.1, -0.05) is 57.7 Å². The van der Waals surface area contributed by atoms with E-state index in [1.54, 1.807) is 30.3 Å². The van der Waals surface area contributed by atoms with Crippen molar-refractivity contribution in [3.05, 3.63) is 30.3 Å². The van der Waals surface area contributed by atoms with Gasteiger partial charge in [0.2, 0.25) is 0 Å². The van der Waals surface area contributed by atoms with Gasteiger partial charge in [0.05, 0.1) is 11.0 Å². The van der Waals surface area contributed by atoms with Crippen LogP contribution in [0, 0.1) is 5.92 Å². The molecule has 0 aliphatic heterocycles. The van der Waals surface area contributed by atoms with E-state index in [0.717, 1.165) is 25.2 Å². The predicted molar refractivity (Wildman–Crippen MR) is 82.1 cm³/mol. The van der Waals surface area contributed by atoms with Gasteiger partial charge in [-0.25, -0.2) is 0 Å². The van der Waals surface area contributed by atoms with Crippen molar-refractivity contribution in [3.63, 3.8) is 0 Å². The average Bonchev–Trinajstić information content (AvgIpc) is 2.43. The molecule has 0 heterocycles. The Hall–Kier alpha value is -0.870. The van der Waals surface area contributed by atoms with Gasteiger partial charge in [0.15, 0.2) is 0 Å². The van der Waals surface area contributed by atoms with Crippen molar-refractivity contribution in [2.24, 2.45) is 5.92 Å². The number of benzene rings is 1. The molecule has 0 N–H and O–H groups in total. The van der Waals surface area contributed by atoms with Crippen LogP contribution in [0.5, 0.6) is 0 Å². The second-order valence-electron chi connectivity index (χ2n) is 5.47. The minimum atomic E-state index is -3.62. The largest absolute Gasteiger partial charge is 0.297 e. The molecule has 1 aromatic carbocycles. The van der Waals surface area contributed by atoms with Crippen LogP contribution in [-0.2, 0) is 14.3 Å². The minimum Gasteiger partial charge on any atom is -0.263 e. The van der Waals surface area contributed by atoms with Crippen LogP contribution < -0.4 is 0 Å². The van der Waals surface area contributed by atoms with E-state index in [1.165, 1.54) is 12.8 Å². The van der Waals surface area contributed by atoms with E-state index in [9.17, 15) is 8.42 Å². The fourth-order valence-electron chi connectivity index (χ4n) is 2.04. The highest BCUT2D eigenvalue weighted by atomic mass is 32.2. The van der Waals surface area contributed by atoms with Gasteiger partial charge in [-0.05, 0) is 31.4 Å². The van der Waals surface area contributed by atoms with E-state index in [1.807, 2.05) is 6.92 Å². The van der Waals surface area contributed by atoms with Crippen LogP contribution >= 0.6 is 0 Å². The monoisotopic (exact) mass is 298 g/mol. The lowest BCUT2D eigenvalue weighted by atomic mass is 10.0. The molecule has 1 rings (SSSR count).